The highest BCUT2D eigenvalue weighted by atomic mass is 35.5. The Morgan fingerprint density at radius 3 is 3.00 bits per heavy atom. The first-order valence-electron chi connectivity index (χ1n) is 6.38. The van der Waals surface area contributed by atoms with Crippen LogP contribution in [0.4, 0.5) is 4.39 Å². The van der Waals surface area contributed by atoms with E-state index in [0.29, 0.717) is 17.0 Å². The van der Waals surface area contributed by atoms with E-state index < -0.39 is 0 Å². The fraction of sp³-hybridized carbons (Fsp3) is 0.571. The summed E-state index contributed by atoms with van der Waals surface area (Å²) in [7, 11) is 0. The third kappa shape index (κ3) is 3.20. The van der Waals surface area contributed by atoms with Crippen molar-refractivity contribution in [1.82, 2.24) is 5.32 Å². The van der Waals surface area contributed by atoms with Crippen LogP contribution in [0, 0.1) is 11.7 Å². The highest BCUT2D eigenvalue weighted by Crippen LogP contribution is 2.31. The molecule has 1 aliphatic carbocycles. The lowest BCUT2D eigenvalue weighted by Crippen LogP contribution is -2.33. The third-order valence-corrected chi connectivity index (χ3v) is 3.98. The fourth-order valence-corrected chi connectivity index (χ4v) is 2.99. The molecule has 0 heterocycles. The number of hydrogen-bond donors (Lipinski definition) is 1. The summed E-state index contributed by atoms with van der Waals surface area (Å²) >= 11 is 6.11. The molecule has 0 aromatic heterocycles. The summed E-state index contributed by atoms with van der Waals surface area (Å²) in [5.41, 5.74) is 0.946. The van der Waals surface area contributed by atoms with Gasteiger partial charge in [-0.15, -0.1) is 0 Å². The van der Waals surface area contributed by atoms with E-state index in [2.05, 4.69) is 12.2 Å². The van der Waals surface area contributed by atoms with Crippen LogP contribution in [-0.4, -0.2) is 12.6 Å². The average molecular weight is 256 g/mol. The van der Waals surface area contributed by atoms with Gasteiger partial charge >= 0.3 is 0 Å². The molecule has 1 saturated carbocycles. The molecular formula is C14H19ClFN. The Morgan fingerprint density at radius 2 is 2.24 bits per heavy atom. The number of nitrogens with one attached hydrogen (secondary N) is 1. The van der Waals surface area contributed by atoms with E-state index in [9.17, 15) is 4.39 Å². The average Bonchev–Trinajstić information content (AvgIpc) is 2.72. The van der Waals surface area contributed by atoms with Crippen LogP contribution in [0.15, 0.2) is 18.2 Å². The van der Waals surface area contributed by atoms with Crippen LogP contribution in [-0.2, 0) is 6.42 Å². The maximum Gasteiger partial charge on any atom is 0.123 e. The summed E-state index contributed by atoms with van der Waals surface area (Å²) in [6.07, 6.45) is 4.58. The summed E-state index contributed by atoms with van der Waals surface area (Å²) in [6.45, 7) is 3.13. The molecule has 1 aromatic rings. The van der Waals surface area contributed by atoms with Crippen LogP contribution in [0.3, 0.4) is 0 Å². The highest BCUT2D eigenvalue weighted by Gasteiger charge is 2.27. The van der Waals surface area contributed by atoms with E-state index in [1.54, 1.807) is 12.1 Å². The summed E-state index contributed by atoms with van der Waals surface area (Å²) < 4.78 is 13.2. The molecule has 0 saturated heterocycles. The van der Waals surface area contributed by atoms with Gasteiger partial charge in [0, 0.05) is 11.1 Å². The molecule has 1 aromatic carbocycles. The van der Waals surface area contributed by atoms with Gasteiger partial charge < -0.3 is 5.32 Å². The van der Waals surface area contributed by atoms with Crippen molar-refractivity contribution in [2.45, 2.75) is 38.6 Å². The zero-order valence-electron chi connectivity index (χ0n) is 10.2. The predicted octanol–water partition coefficient (Wildman–Crippen LogP) is 3.80. The number of halogens is 2. The first-order chi connectivity index (χ1) is 8.20. The first-order valence-corrected chi connectivity index (χ1v) is 6.75. The minimum atomic E-state index is -0.192. The fourth-order valence-electron chi connectivity index (χ4n) is 2.79. The SMILES string of the molecule is CCNC1CCCC1Cc1cc(F)ccc1Cl. The maximum absolute atomic E-state index is 13.2. The van der Waals surface area contributed by atoms with Crippen molar-refractivity contribution < 1.29 is 4.39 Å². The molecule has 2 rings (SSSR count). The van der Waals surface area contributed by atoms with Gasteiger partial charge in [0.05, 0.1) is 0 Å². The van der Waals surface area contributed by atoms with Gasteiger partial charge in [-0.25, -0.2) is 4.39 Å². The lowest BCUT2D eigenvalue weighted by Gasteiger charge is -2.20. The largest absolute Gasteiger partial charge is 0.314 e. The van der Waals surface area contributed by atoms with Crippen molar-refractivity contribution in [3.63, 3.8) is 0 Å². The molecule has 0 spiro atoms. The number of hydrogen-bond acceptors (Lipinski definition) is 1. The molecule has 2 atom stereocenters. The van der Waals surface area contributed by atoms with Gasteiger partial charge in [-0.3, -0.25) is 0 Å². The smallest absolute Gasteiger partial charge is 0.123 e. The Bertz CT molecular complexity index is 380. The molecule has 0 amide bonds. The van der Waals surface area contributed by atoms with E-state index >= 15 is 0 Å². The normalized spacial score (nSPS) is 24.2. The quantitative estimate of drug-likeness (QED) is 0.863. The van der Waals surface area contributed by atoms with Crippen LogP contribution in [0.5, 0.6) is 0 Å². The maximum atomic E-state index is 13.2. The lowest BCUT2D eigenvalue weighted by molar-refractivity contribution is 0.406. The summed E-state index contributed by atoms with van der Waals surface area (Å²) in [5, 5.41) is 4.20. The van der Waals surface area contributed by atoms with Crippen molar-refractivity contribution in [1.29, 1.82) is 0 Å². The van der Waals surface area contributed by atoms with Gasteiger partial charge in [-0.05, 0) is 55.5 Å². The number of rotatable bonds is 4. The molecule has 0 bridgehead atoms. The zero-order chi connectivity index (χ0) is 12.3. The summed E-state index contributed by atoms with van der Waals surface area (Å²) in [5.74, 6) is 0.400. The van der Waals surface area contributed by atoms with E-state index in [-0.39, 0.29) is 5.82 Å². The predicted molar refractivity (Wildman–Crippen MR) is 69.9 cm³/mol. The first kappa shape index (κ1) is 12.8. The molecular weight excluding hydrogens is 237 g/mol. The monoisotopic (exact) mass is 255 g/mol. The van der Waals surface area contributed by atoms with Crippen molar-refractivity contribution in [3.8, 4) is 0 Å². The van der Waals surface area contributed by atoms with Crippen molar-refractivity contribution in [2.75, 3.05) is 6.54 Å². The van der Waals surface area contributed by atoms with Gasteiger partial charge in [0.1, 0.15) is 5.82 Å². The molecule has 0 aliphatic heterocycles. The summed E-state index contributed by atoms with van der Waals surface area (Å²) in [4.78, 5) is 0. The molecule has 3 heteroatoms. The van der Waals surface area contributed by atoms with Gasteiger partial charge in [-0.1, -0.05) is 24.9 Å². The standard InChI is InChI=1S/C14H19ClFN/c1-2-17-14-5-3-4-10(14)8-11-9-12(16)6-7-13(11)15/h6-7,9-10,14,17H,2-5,8H2,1H3. The third-order valence-electron chi connectivity index (χ3n) is 3.62. The second-order valence-corrected chi connectivity index (χ2v) is 5.20. The second kappa shape index (κ2) is 5.83. The Kier molecular flexibility index (Phi) is 4.41. The van der Waals surface area contributed by atoms with Crippen molar-refractivity contribution >= 4 is 11.6 Å². The van der Waals surface area contributed by atoms with Crippen LogP contribution < -0.4 is 5.32 Å². The topological polar surface area (TPSA) is 12.0 Å². The Labute approximate surface area is 107 Å². The Morgan fingerprint density at radius 1 is 1.41 bits per heavy atom. The number of benzene rings is 1. The van der Waals surface area contributed by atoms with Crippen LogP contribution in [0.2, 0.25) is 5.02 Å². The summed E-state index contributed by atoms with van der Waals surface area (Å²) in [6, 6.07) is 5.22. The van der Waals surface area contributed by atoms with Gasteiger partial charge in [0.2, 0.25) is 0 Å². The van der Waals surface area contributed by atoms with E-state index in [1.165, 1.54) is 25.3 Å². The van der Waals surface area contributed by atoms with E-state index in [4.69, 9.17) is 11.6 Å². The Hall–Kier alpha value is -0.600. The molecule has 1 fully saturated rings. The molecule has 2 unspecified atom stereocenters. The van der Waals surface area contributed by atoms with Crippen LogP contribution in [0.25, 0.3) is 0 Å². The van der Waals surface area contributed by atoms with Gasteiger partial charge in [0.25, 0.3) is 0 Å². The van der Waals surface area contributed by atoms with E-state index in [1.807, 2.05) is 0 Å². The molecule has 1 aliphatic rings. The van der Waals surface area contributed by atoms with Gasteiger partial charge in [0.15, 0.2) is 0 Å². The van der Waals surface area contributed by atoms with Crippen molar-refractivity contribution in [3.05, 3.63) is 34.6 Å². The van der Waals surface area contributed by atoms with Crippen molar-refractivity contribution in [2.24, 2.45) is 5.92 Å². The van der Waals surface area contributed by atoms with Crippen LogP contribution >= 0.6 is 11.6 Å². The Balaban J connectivity index is 2.06. The molecule has 1 nitrogen and oxygen atoms in total. The van der Waals surface area contributed by atoms with Crippen LogP contribution in [0.1, 0.15) is 31.7 Å². The van der Waals surface area contributed by atoms with E-state index in [0.717, 1.165) is 18.5 Å². The minimum absolute atomic E-state index is 0.192. The van der Waals surface area contributed by atoms with Gasteiger partial charge in [-0.2, -0.15) is 0 Å². The lowest BCUT2D eigenvalue weighted by atomic mass is 9.94. The highest BCUT2D eigenvalue weighted by molar-refractivity contribution is 6.31. The molecule has 0 radical (unpaired) electrons. The molecule has 1 N–H and O–H groups in total. The second-order valence-electron chi connectivity index (χ2n) is 4.80. The minimum Gasteiger partial charge on any atom is -0.314 e. The molecule has 94 valence electrons. The molecule has 17 heavy (non-hydrogen) atoms. The zero-order valence-corrected chi connectivity index (χ0v) is 10.9.